The van der Waals surface area contributed by atoms with Crippen molar-refractivity contribution in [1.82, 2.24) is 19.7 Å². The number of nitrogens with zero attached hydrogens (tertiary/aromatic N) is 4. The molecule has 1 rings (SSSR count). The number of hydrogen-bond acceptors (Lipinski definition) is 4. The van der Waals surface area contributed by atoms with Crippen molar-refractivity contribution in [3.05, 3.63) is 12.2 Å². The second-order valence-corrected chi connectivity index (χ2v) is 4.93. The van der Waals surface area contributed by atoms with Gasteiger partial charge in [0.05, 0.1) is 6.54 Å². The molecule has 0 saturated heterocycles. The van der Waals surface area contributed by atoms with Crippen molar-refractivity contribution in [3.8, 4) is 0 Å². The highest BCUT2D eigenvalue weighted by Crippen LogP contribution is 2.16. The number of likely N-dealkylation sites (N-methyl/N-ethyl adjacent to an activating group) is 1. The van der Waals surface area contributed by atoms with Crippen molar-refractivity contribution in [2.75, 3.05) is 7.05 Å². The molecule has 17 heavy (non-hydrogen) atoms. The van der Waals surface area contributed by atoms with E-state index in [4.69, 9.17) is 5.11 Å². The van der Waals surface area contributed by atoms with Crippen LogP contribution in [0.3, 0.4) is 0 Å². The van der Waals surface area contributed by atoms with Crippen molar-refractivity contribution in [3.63, 3.8) is 0 Å². The lowest BCUT2D eigenvalue weighted by atomic mass is 10.0. The van der Waals surface area contributed by atoms with Gasteiger partial charge in [-0.15, -0.1) is 0 Å². The molecule has 96 valence electrons. The lowest BCUT2D eigenvalue weighted by Gasteiger charge is -2.31. The Morgan fingerprint density at radius 1 is 1.59 bits per heavy atom. The first-order valence-electron chi connectivity index (χ1n) is 5.59. The summed E-state index contributed by atoms with van der Waals surface area (Å²) in [5, 5.41) is 13.3. The minimum atomic E-state index is -0.923. The highest BCUT2D eigenvalue weighted by Gasteiger charge is 2.32. The van der Waals surface area contributed by atoms with E-state index < -0.39 is 11.5 Å². The predicted octanol–water partition coefficient (Wildman–Crippen LogP) is 1.15. The fourth-order valence-corrected chi connectivity index (χ4v) is 1.39. The summed E-state index contributed by atoms with van der Waals surface area (Å²) in [6.45, 7) is 7.83. The maximum Gasteiger partial charge on any atom is 0.323 e. The number of aromatic nitrogens is 3. The molecule has 0 aliphatic rings. The van der Waals surface area contributed by atoms with Gasteiger partial charge in [0.1, 0.15) is 17.7 Å². The molecule has 0 spiro atoms. The molecular formula is C11H20N4O2. The Labute approximate surface area is 101 Å². The Balaban J connectivity index is 2.85. The molecule has 0 amide bonds. The maximum absolute atomic E-state index is 11.1. The molecule has 0 aliphatic heterocycles. The molecule has 0 bridgehead atoms. The minimum Gasteiger partial charge on any atom is -0.480 e. The molecule has 0 atom stereocenters. The van der Waals surface area contributed by atoms with E-state index in [1.165, 1.54) is 6.33 Å². The summed E-state index contributed by atoms with van der Waals surface area (Å²) in [5.74, 6) is -0.0764. The molecule has 0 radical (unpaired) electrons. The Hall–Kier alpha value is -1.43. The Morgan fingerprint density at radius 3 is 2.65 bits per heavy atom. The monoisotopic (exact) mass is 240 g/mol. The van der Waals surface area contributed by atoms with Gasteiger partial charge >= 0.3 is 5.97 Å². The summed E-state index contributed by atoms with van der Waals surface area (Å²) in [4.78, 5) is 17.0. The van der Waals surface area contributed by atoms with E-state index in [-0.39, 0.29) is 6.04 Å². The van der Waals surface area contributed by atoms with Crippen LogP contribution in [-0.2, 0) is 11.3 Å². The third-order valence-corrected chi connectivity index (χ3v) is 2.99. The van der Waals surface area contributed by atoms with Gasteiger partial charge in [-0.3, -0.25) is 9.69 Å². The SMILES string of the molecule is CC(C)n1ncnc1CN(C)C(C)(C)C(=O)O. The summed E-state index contributed by atoms with van der Waals surface area (Å²) >= 11 is 0. The van der Waals surface area contributed by atoms with Crippen LogP contribution in [0.1, 0.15) is 39.6 Å². The smallest absolute Gasteiger partial charge is 0.323 e. The first-order chi connectivity index (χ1) is 7.76. The van der Waals surface area contributed by atoms with Crippen molar-refractivity contribution >= 4 is 5.97 Å². The zero-order valence-electron chi connectivity index (χ0n) is 11.0. The van der Waals surface area contributed by atoms with Gasteiger partial charge in [0.2, 0.25) is 0 Å². The molecule has 0 aliphatic carbocycles. The molecule has 0 fully saturated rings. The van der Waals surface area contributed by atoms with Crippen LogP contribution < -0.4 is 0 Å². The summed E-state index contributed by atoms with van der Waals surface area (Å²) in [6.07, 6.45) is 1.50. The first kappa shape index (κ1) is 13.6. The number of hydrogen-bond donors (Lipinski definition) is 1. The van der Waals surface area contributed by atoms with Crippen molar-refractivity contribution in [2.24, 2.45) is 0 Å². The first-order valence-corrected chi connectivity index (χ1v) is 5.59. The molecular weight excluding hydrogens is 220 g/mol. The van der Waals surface area contributed by atoms with Crippen LogP contribution in [0.4, 0.5) is 0 Å². The number of carboxylic acid groups (broad SMARTS) is 1. The predicted molar refractivity (Wildman–Crippen MR) is 63.6 cm³/mol. The van der Waals surface area contributed by atoms with E-state index in [0.717, 1.165) is 5.82 Å². The van der Waals surface area contributed by atoms with Crippen molar-refractivity contribution in [1.29, 1.82) is 0 Å². The summed E-state index contributed by atoms with van der Waals surface area (Å²) in [6, 6.07) is 0.217. The van der Waals surface area contributed by atoms with Gasteiger partial charge in [0.25, 0.3) is 0 Å². The Bertz CT molecular complexity index is 398. The zero-order chi connectivity index (χ0) is 13.2. The van der Waals surface area contributed by atoms with E-state index in [9.17, 15) is 4.79 Å². The quantitative estimate of drug-likeness (QED) is 0.836. The van der Waals surface area contributed by atoms with Gasteiger partial charge in [-0.1, -0.05) is 0 Å². The largest absolute Gasteiger partial charge is 0.480 e. The third-order valence-electron chi connectivity index (χ3n) is 2.99. The van der Waals surface area contributed by atoms with Gasteiger partial charge in [0.15, 0.2) is 0 Å². The minimum absolute atomic E-state index is 0.217. The van der Waals surface area contributed by atoms with Crippen LogP contribution in [0.5, 0.6) is 0 Å². The molecule has 0 saturated carbocycles. The van der Waals surface area contributed by atoms with Crippen molar-refractivity contribution in [2.45, 2.75) is 45.8 Å². The standard InChI is InChI=1S/C11H20N4O2/c1-8(2)15-9(12-7-13-15)6-14(5)11(3,4)10(16)17/h7-8H,6H2,1-5H3,(H,16,17). The van der Waals surface area contributed by atoms with Gasteiger partial charge in [-0.2, -0.15) is 5.10 Å². The van der Waals surface area contributed by atoms with E-state index >= 15 is 0 Å². The van der Waals surface area contributed by atoms with Crippen LogP contribution in [0.25, 0.3) is 0 Å². The zero-order valence-corrected chi connectivity index (χ0v) is 11.0. The van der Waals surface area contributed by atoms with Gasteiger partial charge in [-0.25, -0.2) is 9.67 Å². The van der Waals surface area contributed by atoms with E-state index in [1.807, 2.05) is 13.8 Å². The number of carbonyl (C=O) groups is 1. The van der Waals surface area contributed by atoms with E-state index in [0.29, 0.717) is 6.54 Å². The van der Waals surface area contributed by atoms with Crippen LogP contribution in [0.2, 0.25) is 0 Å². The number of aliphatic carboxylic acids is 1. The lowest BCUT2D eigenvalue weighted by Crippen LogP contribution is -2.47. The van der Waals surface area contributed by atoms with E-state index in [2.05, 4.69) is 10.1 Å². The average Bonchev–Trinajstić information content (AvgIpc) is 2.65. The molecule has 6 heteroatoms. The maximum atomic E-state index is 11.1. The summed E-state index contributed by atoms with van der Waals surface area (Å²) in [7, 11) is 1.77. The van der Waals surface area contributed by atoms with Crippen LogP contribution in [0.15, 0.2) is 6.33 Å². The Morgan fingerprint density at radius 2 is 2.18 bits per heavy atom. The normalized spacial score (nSPS) is 12.4. The average molecular weight is 240 g/mol. The van der Waals surface area contributed by atoms with Crippen LogP contribution >= 0.6 is 0 Å². The molecule has 0 unspecified atom stereocenters. The second kappa shape index (κ2) is 4.83. The number of carboxylic acids is 1. The topological polar surface area (TPSA) is 71.2 Å². The second-order valence-electron chi connectivity index (χ2n) is 4.93. The fourth-order valence-electron chi connectivity index (χ4n) is 1.39. The summed E-state index contributed by atoms with van der Waals surface area (Å²) in [5.41, 5.74) is -0.923. The molecule has 1 N–H and O–H groups in total. The molecule has 1 aromatic rings. The van der Waals surface area contributed by atoms with Gasteiger partial charge in [-0.05, 0) is 34.7 Å². The van der Waals surface area contributed by atoms with Crippen LogP contribution in [-0.4, -0.2) is 43.3 Å². The highest BCUT2D eigenvalue weighted by atomic mass is 16.4. The van der Waals surface area contributed by atoms with Gasteiger partial charge in [0, 0.05) is 6.04 Å². The highest BCUT2D eigenvalue weighted by molar-refractivity contribution is 5.77. The lowest BCUT2D eigenvalue weighted by molar-refractivity contribution is -0.148. The van der Waals surface area contributed by atoms with Crippen molar-refractivity contribution < 1.29 is 9.90 Å². The van der Waals surface area contributed by atoms with Gasteiger partial charge < -0.3 is 5.11 Å². The number of rotatable bonds is 5. The summed E-state index contributed by atoms with van der Waals surface area (Å²) < 4.78 is 1.80. The fraction of sp³-hybridized carbons (Fsp3) is 0.727. The molecule has 1 heterocycles. The molecule has 0 aromatic carbocycles. The molecule has 6 nitrogen and oxygen atoms in total. The van der Waals surface area contributed by atoms with E-state index in [1.54, 1.807) is 30.5 Å². The third kappa shape index (κ3) is 2.82. The Kier molecular flexibility index (Phi) is 3.87. The molecule has 1 aromatic heterocycles. The van der Waals surface area contributed by atoms with Crippen LogP contribution in [0, 0.1) is 0 Å².